The summed E-state index contributed by atoms with van der Waals surface area (Å²) in [5, 5.41) is 1.55. The first kappa shape index (κ1) is 14.1. The first-order valence-corrected chi connectivity index (χ1v) is 5.17. The van der Waals surface area contributed by atoms with Crippen molar-refractivity contribution >= 4 is 34.4 Å². The minimum Gasteiger partial charge on any atom is -0.456 e. The Hall–Kier alpha value is -0.269. The summed E-state index contributed by atoms with van der Waals surface area (Å²) in [5.41, 5.74) is 0.258. The maximum atomic E-state index is 12.6. The molecule has 0 fully saturated rings. The van der Waals surface area contributed by atoms with E-state index in [4.69, 9.17) is 4.42 Å². The standard InChI is InChI=1S/C12H7BF3O.K/c14-13(15,16)8-5-6-10-9-3-1-2-4-11(9)17-12(10)7-8;/h1-7H;/q-1;+1. The molecule has 0 bridgehead atoms. The van der Waals surface area contributed by atoms with Crippen molar-refractivity contribution < 1.29 is 68.7 Å². The van der Waals surface area contributed by atoms with Crippen molar-refractivity contribution in [2.75, 3.05) is 0 Å². The molecule has 0 aliphatic rings. The molecule has 3 aromatic rings. The molecule has 1 aromatic heterocycles. The zero-order valence-corrected chi connectivity index (χ0v) is 12.8. The van der Waals surface area contributed by atoms with Gasteiger partial charge in [-0.1, -0.05) is 30.3 Å². The molecule has 0 unspecified atom stereocenters. The SMILES string of the molecule is F[B-](F)(F)c1ccc2c(c1)oc1ccccc12.[K+]. The van der Waals surface area contributed by atoms with Gasteiger partial charge in [0.15, 0.2) is 0 Å². The Morgan fingerprint density at radius 2 is 1.50 bits per heavy atom. The van der Waals surface area contributed by atoms with Crippen LogP contribution in [0.2, 0.25) is 0 Å². The third kappa shape index (κ3) is 2.40. The monoisotopic (exact) mass is 274 g/mol. The second-order valence-electron chi connectivity index (χ2n) is 3.93. The van der Waals surface area contributed by atoms with Crippen LogP contribution < -0.4 is 56.8 Å². The number of fused-ring (bicyclic) bond motifs is 3. The van der Waals surface area contributed by atoms with Crippen LogP contribution in [0.15, 0.2) is 46.9 Å². The molecule has 0 aliphatic heterocycles. The van der Waals surface area contributed by atoms with Crippen LogP contribution in [0.4, 0.5) is 12.9 Å². The second kappa shape index (κ2) is 5.02. The number of halogens is 3. The molecule has 0 saturated heterocycles. The Balaban J connectivity index is 0.00000120. The molecule has 0 radical (unpaired) electrons. The van der Waals surface area contributed by atoms with Crippen LogP contribution in [-0.4, -0.2) is 6.98 Å². The van der Waals surface area contributed by atoms with E-state index in [2.05, 4.69) is 0 Å². The zero-order valence-electron chi connectivity index (χ0n) is 9.66. The molecule has 1 heterocycles. The van der Waals surface area contributed by atoms with Crippen molar-refractivity contribution in [1.29, 1.82) is 0 Å². The van der Waals surface area contributed by atoms with Gasteiger partial charge in [-0.15, -0.1) is 5.46 Å². The molecule has 2 aromatic carbocycles. The molecule has 0 atom stereocenters. The predicted octanol–water partition coefficient (Wildman–Crippen LogP) is 0.644. The summed E-state index contributed by atoms with van der Waals surface area (Å²) < 4.78 is 43.2. The van der Waals surface area contributed by atoms with E-state index in [0.29, 0.717) is 11.0 Å². The van der Waals surface area contributed by atoms with E-state index in [1.54, 1.807) is 12.1 Å². The quantitative estimate of drug-likeness (QED) is 0.594. The van der Waals surface area contributed by atoms with Crippen molar-refractivity contribution in [1.82, 2.24) is 0 Å². The van der Waals surface area contributed by atoms with Crippen LogP contribution in [0.3, 0.4) is 0 Å². The van der Waals surface area contributed by atoms with Gasteiger partial charge >= 0.3 is 58.4 Å². The third-order valence-corrected chi connectivity index (χ3v) is 2.78. The van der Waals surface area contributed by atoms with Gasteiger partial charge in [-0.25, -0.2) is 0 Å². The number of rotatable bonds is 1. The van der Waals surface area contributed by atoms with E-state index in [9.17, 15) is 12.9 Å². The van der Waals surface area contributed by atoms with Crippen LogP contribution in [0.25, 0.3) is 21.9 Å². The number of para-hydroxylation sites is 1. The summed E-state index contributed by atoms with van der Waals surface area (Å²) in [6.45, 7) is -4.98. The molecular weight excluding hydrogens is 267 g/mol. The van der Waals surface area contributed by atoms with Gasteiger partial charge in [0, 0.05) is 10.8 Å². The Kier molecular flexibility index (Phi) is 3.94. The largest absolute Gasteiger partial charge is 1.00 e. The molecule has 6 heteroatoms. The normalized spacial score (nSPS) is 11.7. The molecule has 3 rings (SSSR count). The van der Waals surface area contributed by atoms with Crippen molar-refractivity contribution in [3.63, 3.8) is 0 Å². The van der Waals surface area contributed by atoms with Gasteiger partial charge in [-0.2, -0.15) is 0 Å². The van der Waals surface area contributed by atoms with Crippen LogP contribution in [-0.2, 0) is 0 Å². The van der Waals surface area contributed by atoms with E-state index in [0.717, 1.165) is 17.5 Å². The Labute approximate surface area is 144 Å². The summed E-state index contributed by atoms with van der Waals surface area (Å²) in [6.07, 6.45) is 0. The summed E-state index contributed by atoms with van der Waals surface area (Å²) >= 11 is 0. The minimum atomic E-state index is -4.98. The smallest absolute Gasteiger partial charge is 0.456 e. The molecular formula is C12H7BF3KO. The molecule has 0 aliphatic carbocycles. The van der Waals surface area contributed by atoms with Crippen molar-refractivity contribution in [2.24, 2.45) is 0 Å². The number of hydrogen-bond donors (Lipinski definition) is 0. The zero-order chi connectivity index (χ0) is 12.0. The van der Waals surface area contributed by atoms with Gasteiger partial charge in [0.2, 0.25) is 0 Å². The van der Waals surface area contributed by atoms with Gasteiger partial charge < -0.3 is 17.4 Å². The van der Waals surface area contributed by atoms with Crippen LogP contribution in [0, 0.1) is 0 Å². The first-order valence-electron chi connectivity index (χ1n) is 5.17. The molecule has 86 valence electrons. The van der Waals surface area contributed by atoms with E-state index >= 15 is 0 Å². The van der Waals surface area contributed by atoms with Gasteiger partial charge in [0.05, 0.1) is 0 Å². The average Bonchev–Trinajstić information content (AvgIpc) is 2.65. The van der Waals surface area contributed by atoms with Crippen LogP contribution in [0.5, 0.6) is 0 Å². The maximum Gasteiger partial charge on any atom is 1.00 e. The van der Waals surface area contributed by atoms with E-state index in [1.165, 1.54) is 6.07 Å². The predicted molar refractivity (Wildman–Crippen MR) is 62.4 cm³/mol. The fraction of sp³-hybridized carbons (Fsp3) is 0. The minimum absolute atomic E-state index is 0. The van der Waals surface area contributed by atoms with E-state index in [-0.39, 0.29) is 57.0 Å². The maximum absolute atomic E-state index is 12.6. The fourth-order valence-electron chi connectivity index (χ4n) is 1.95. The van der Waals surface area contributed by atoms with Crippen LogP contribution in [0.1, 0.15) is 0 Å². The third-order valence-electron chi connectivity index (χ3n) is 2.78. The van der Waals surface area contributed by atoms with E-state index < -0.39 is 12.4 Å². The fourth-order valence-corrected chi connectivity index (χ4v) is 1.95. The van der Waals surface area contributed by atoms with Gasteiger partial charge in [0.25, 0.3) is 0 Å². The number of furan rings is 1. The summed E-state index contributed by atoms with van der Waals surface area (Å²) in [5.74, 6) is 0. The van der Waals surface area contributed by atoms with Gasteiger partial charge in [-0.05, 0) is 12.1 Å². The number of benzene rings is 2. The molecule has 0 N–H and O–H groups in total. The van der Waals surface area contributed by atoms with Crippen molar-refractivity contribution in [2.45, 2.75) is 0 Å². The van der Waals surface area contributed by atoms with E-state index in [1.807, 2.05) is 12.1 Å². The van der Waals surface area contributed by atoms with Gasteiger partial charge in [-0.3, -0.25) is 0 Å². The molecule has 0 spiro atoms. The van der Waals surface area contributed by atoms with Crippen LogP contribution >= 0.6 is 0 Å². The number of hydrogen-bond acceptors (Lipinski definition) is 1. The molecule has 1 nitrogen and oxygen atoms in total. The second-order valence-corrected chi connectivity index (χ2v) is 3.93. The first-order chi connectivity index (χ1) is 8.05. The molecule has 0 saturated carbocycles. The average molecular weight is 274 g/mol. The summed E-state index contributed by atoms with van der Waals surface area (Å²) in [4.78, 5) is 0. The topological polar surface area (TPSA) is 13.1 Å². The molecule has 18 heavy (non-hydrogen) atoms. The Morgan fingerprint density at radius 1 is 0.833 bits per heavy atom. The summed E-state index contributed by atoms with van der Waals surface area (Å²) in [6, 6.07) is 10.8. The Morgan fingerprint density at radius 3 is 2.22 bits per heavy atom. The summed E-state index contributed by atoms with van der Waals surface area (Å²) in [7, 11) is 0. The Bertz CT molecular complexity index is 705. The molecule has 0 amide bonds. The van der Waals surface area contributed by atoms with Crippen molar-refractivity contribution in [3.8, 4) is 0 Å². The van der Waals surface area contributed by atoms with Crippen molar-refractivity contribution in [3.05, 3.63) is 42.5 Å². The van der Waals surface area contributed by atoms with Gasteiger partial charge in [0.1, 0.15) is 11.2 Å².